The van der Waals surface area contributed by atoms with Gasteiger partial charge in [0.15, 0.2) is 0 Å². The number of ether oxygens (including phenoxy) is 2. The molecule has 0 aliphatic heterocycles. The molecule has 4 heteroatoms. The minimum Gasteiger partial charge on any atom is -0.462 e. The van der Waals surface area contributed by atoms with Crippen LogP contribution in [0.1, 0.15) is 52.4 Å². The summed E-state index contributed by atoms with van der Waals surface area (Å²) < 4.78 is 9.53. The normalized spacial score (nSPS) is 9.90. The van der Waals surface area contributed by atoms with E-state index < -0.39 is 5.97 Å². The molecule has 0 atom stereocenters. The Labute approximate surface area is 121 Å². The molecule has 4 nitrogen and oxygen atoms in total. The molecule has 112 valence electrons. The van der Waals surface area contributed by atoms with Crippen LogP contribution >= 0.6 is 0 Å². The van der Waals surface area contributed by atoms with Gasteiger partial charge >= 0.3 is 11.9 Å². The molecule has 0 heterocycles. The third-order valence-electron chi connectivity index (χ3n) is 2.46. The fraction of sp³-hybridized carbons (Fsp3) is 0.625. The van der Waals surface area contributed by atoms with Crippen LogP contribution in [0.4, 0.5) is 0 Å². The molecular formula is C16H24O4. The maximum atomic E-state index is 11.2. The van der Waals surface area contributed by atoms with Crippen molar-refractivity contribution in [3.8, 4) is 11.8 Å². The predicted molar refractivity (Wildman–Crippen MR) is 77.9 cm³/mol. The summed E-state index contributed by atoms with van der Waals surface area (Å²) in [7, 11) is 0. The fourth-order valence-corrected chi connectivity index (χ4v) is 1.41. The lowest BCUT2D eigenvalue weighted by atomic mass is 10.1. The zero-order valence-electron chi connectivity index (χ0n) is 12.4. The molecule has 0 aromatic heterocycles. The van der Waals surface area contributed by atoms with E-state index in [4.69, 9.17) is 4.74 Å². The summed E-state index contributed by atoms with van der Waals surface area (Å²) in [6.45, 7) is 3.85. The Morgan fingerprint density at radius 2 is 1.65 bits per heavy atom. The second-order valence-corrected chi connectivity index (χ2v) is 4.34. The molecule has 0 radical (unpaired) electrons. The first-order valence-corrected chi connectivity index (χ1v) is 7.10. The SMILES string of the molecule is CCCCCCCC#CC(=O)OC/C=C\COC(C)=O. The summed E-state index contributed by atoms with van der Waals surface area (Å²) in [5, 5.41) is 0. The number of carbonyl (C=O) groups is 2. The Hall–Kier alpha value is -1.76. The Balaban J connectivity index is 3.51. The number of unbranched alkanes of at least 4 members (excludes halogenated alkanes) is 5. The van der Waals surface area contributed by atoms with Gasteiger partial charge in [0, 0.05) is 19.3 Å². The van der Waals surface area contributed by atoms with Crippen LogP contribution in [0.5, 0.6) is 0 Å². The summed E-state index contributed by atoms with van der Waals surface area (Å²) in [6, 6.07) is 0. The van der Waals surface area contributed by atoms with Gasteiger partial charge in [0.2, 0.25) is 0 Å². The quantitative estimate of drug-likeness (QED) is 0.214. The second kappa shape index (κ2) is 13.7. The number of esters is 2. The van der Waals surface area contributed by atoms with Gasteiger partial charge in [-0.05, 0) is 18.6 Å². The van der Waals surface area contributed by atoms with E-state index in [9.17, 15) is 9.59 Å². The molecule has 0 aliphatic carbocycles. The predicted octanol–water partition coefficient (Wildman–Crippen LogP) is 3.01. The lowest BCUT2D eigenvalue weighted by Gasteiger charge is -1.96. The first kappa shape index (κ1) is 18.2. The molecular weight excluding hydrogens is 256 g/mol. The van der Waals surface area contributed by atoms with Crippen LogP contribution in [0.15, 0.2) is 12.2 Å². The van der Waals surface area contributed by atoms with Crippen LogP contribution in [-0.2, 0) is 19.1 Å². The highest BCUT2D eigenvalue weighted by molar-refractivity contribution is 5.88. The van der Waals surface area contributed by atoms with E-state index in [0.717, 1.165) is 19.3 Å². The molecule has 0 aromatic carbocycles. The number of rotatable bonds is 9. The monoisotopic (exact) mass is 280 g/mol. The molecule has 0 saturated carbocycles. The van der Waals surface area contributed by atoms with Gasteiger partial charge in [0.25, 0.3) is 0 Å². The minimum atomic E-state index is -0.518. The Morgan fingerprint density at radius 1 is 1.00 bits per heavy atom. The molecule has 0 saturated heterocycles. The van der Waals surface area contributed by atoms with Crippen molar-refractivity contribution < 1.29 is 19.1 Å². The first-order chi connectivity index (χ1) is 9.66. The van der Waals surface area contributed by atoms with Gasteiger partial charge < -0.3 is 9.47 Å². The van der Waals surface area contributed by atoms with Gasteiger partial charge in [-0.2, -0.15) is 0 Å². The summed E-state index contributed by atoms with van der Waals surface area (Å²) in [6.07, 6.45) is 9.89. The molecule has 0 fully saturated rings. The minimum absolute atomic E-state index is 0.144. The van der Waals surface area contributed by atoms with Crippen LogP contribution in [0.2, 0.25) is 0 Å². The maximum absolute atomic E-state index is 11.2. The first-order valence-electron chi connectivity index (χ1n) is 7.10. The van der Waals surface area contributed by atoms with E-state index in [-0.39, 0.29) is 19.2 Å². The molecule has 0 spiro atoms. The number of hydrogen-bond donors (Lipinski definition) is 0. The second-order valence-electron chi connectivity index (χ2n) is 4.34. The van der Waals surface area contributed by atoms with Crippen molar-refractivity contribution in [2.24, 2.45) is 0 Å². The molecule has 20 heavy (non-hydrogen) atoms. The highest BCUT2D eigenvalue weighted by Crippen LogP contribution is 2.03. The highest BCUT2D eigenvalue weighted by atomic mass is 16.5. The van der Waals surface area contributed by atoms with E-state index in [1.807, 2.05) is 0 Å². The lowest BCUT2D eigenvalue weighted by Crippen LogP contribution is -2.02. The maximum Gasteiger partial charge on any atom is 0.384 e. The average Bonchev–Trinajstić information content (AvgIpc) is 2.41. The van der Waals surface area contributed by atoms with Crippen molar-refractivity contribution in [2.75, 3.05) is 13.2 Å². The molecule has 0 aromatic rings. The van der Waals surface area contributed by atoms with Crippen LogP contribution in [0, 0.1) is 11.8 Å². The van der Waals surface area contributed by atoms with E-state index >= 15 is 0 Å². The van der Waals surface area contributed by atoms with Crippen LogP contribution in [0.25, 0.3) is 0 Å². The highest BCUT2D eigenvalue weighted by Gasteiger charge is 1.93. The van der Waals surface area contributed by atoms with E-state index in [1.165, 1.54) is 26.2 Å². The van der Waals surface area contributed by atoms with Gasteiger partial charge in [-0.3, -0.25) is 4.79 Å². The molecule has 0 N–H and O–H groups in total. The largest absolute Gasteiger partial charge is 0.462 e. The standard InChI is InChI=1S/C16H24O4/c1-3-4-5-6-7-8-9-12-16(18)20-14-11-10-13-19-15(2)17/h10-11H,3-8,13-14H2,1-2H3/b11-10-. The molecule has 0 amide bonds. The third-order valence-corrected chi connectivity index (χ3v) is 2.46. The Morgan fingerprint density at radius 3 is 2.30 bits per heavy atom. The van der Waals surface area contributed by atoms with Crippen LogP contribution in [0.3, 0.4) is 0 Å². The number of hydrogen-bond acceptors (Lipinski definition) is 4. The van der Waals surface area contributed by atoms with Crippen molar-refractivity contribution in [1.29, 1.82) is 0 Å². The van der Waals surface area contributed by atoms with Crippen molar-refractivity contribution in [1.82, 2.24) is 0 Å². The Bertz CT molecular complexity index is 360. The van der Waals surface area contributed by atoms with Crippen molar-refractivity contribution in [3.05, 3.63) is 12.2 Å². The molecule has 0 rings (SSSR count). The third kappa shape index (κ3) is 14.3. The van der Waals surface area contributed by atoms with Gasteiger partial charge in [-0.25, -0.2) is 4.79 Å². The van der Waals surface area contributed by atoms with Gasteiger partial charge in [-0.1, -0.05) is 38.5 Å². The van der Waals surface area contributed by atoms with Gasteiger partial charge in [0.1, 0.15) is 13.2 Å². The zero-order chi connectivity index (χ0) is 15.1. The van der Waals surface area contributed by atoms with Crippen molar-refractivity contribution >= 4 is 11.9 Å². The fourth-order valence-electron chi connectivity index (χ4n) is 1.41. The lowest BCUT2D eigenvalue weighted by molar-refractivity contribution is -0.140. The van der Waals surface area contributed by atoms with Gasteiger partial charge in [0.05, 0.1) is 0 Å². The van der Waals surface area contributed by atoms with Crippen molar-refractivity contribution in [3.63, 3.8) is 0 Å². The zero-order valence-corrected chi connectivity index (χ0v) is 12.4. The van der Waals surface area contributed by atoms with Gasteiger partial charge in [-0.15, -0.1) is 0 Å². The van der Waals surface area contributed by atoms with Crippen LogP contribution in [-0.4, -0.2) is 25.2 Å². The summed E-state index contributed by atoms with van der Waals surface area (Å²) in [5.74, 6) is 4.41. The molecule has 0 aliphatic rings. The summed E-state index contributed by atoms with van der Waals surface area (Å²) in [4.78, 5) is 21.7. The summed E-state index contributed by atoms with van der Waals surface area (Å²) >= 11 is 0. The van der Waals surface area contributed by atoms with E-state index in [2.05, 4.69) is 23.5 Å². The molecule has 0 bridgehead atoms. The Kier molecular flexibility index (Phi) is 12.5. The van der Waals surface area contributed by atoms with Crippen LogP contribution < -0.4 is 0 Å². The average molecular weight is 280 g/mol. The number of carbonyl (C=O) groups excluding carboxylic acids is 2. The van der Waals surface area contributed by atoms with E-state index in [1.54, 1.807) is 12.2 Å². The topological polar surface area (TPSA) is 52.6 Å². The van der Waals surface area contributed by atoms with E-state index in [0.29, 0.717) is 0 Å². The molecule has 0 unspecified atom stereocenters. The smallest absolute Gasteiger partial charge is 0.384 e. The summed E-state index contributed by atoms with van der Waals surface area (Å²) in [5.41, 5.74) is 0. The van der Waals surface area contributed by atoms with Crippen molar-refractivity contribution in [2.45, 2.75) is 52.4 Å².